The van der Waals surface area contributed by atoms with Crippen molar-refractivity contribution in [3.05, 3.63) is 30.5 Å². The van der Waals surface area contributed by atoms with Gasteiger partial charge in [0.1, 0.15) is 11.9 Å². The van der Waals surface area contributed by atoms with Crippen molar-refractivity contribution in [2.24, 2.45) is 5.92 Å². The summed E-state index contributed by atoms with van der Waals surface area (Å²) in [6.45, 7) is 2.33. The third-order valence-electron chi connectivity index (χ3n) is 6.51. The lowest BCUT2D eigenvalue weighted by molar-refractivity contribution is 0.111. The van der Waals surface area contributed by atoms with Crippen LogP contribution in [-0.2, 0) is 16.4 Å². The van der Waals surface area contributed by atoms with E-state index in [2.05, 4.69) is 34.3 Å². The zero-order valence-corrected chi connectivity index (χ0v) is 17.9. The summed E-state index contributed by atoms with van der Waals surface area (Å²) in [5.41, 5.74) is 1.22. The monoisotopic (exact) mass is 431 g/mol. The van der Waals surface area contributed by atoms with Crippen molar-refractivity contribution in [1.82, 2.24) is 14.8 Å². The SMILES string of the molecule is O=C(NC1CCS(=O)(=O)C1)N1CCC(Oc2cccc3c2ccn3CC2CC2)CC1. The Morgan fingerprint density at radius 3 is 2.60 bits per heavy atom. The van der Waals surface area contributed by atoms with Crippen LogP contribution < -0.4 is 10.1 Å². The van der Waals surface area contributed by atoms with Crippen LogP contribution in [0.1, 0.15) is 32.1 Å². The van der Waals surface area contributed by atoms with Crippen LogP contribution in [-0.4, -0.2) is 60.7 Å². The Labute approximate surface area is 177 Å². The number of aromatic nitrogens is 1. The molecule has 1 N–H and O–H groups in total. The molecule has 1 atom stereocenters. The molecular formula is C22H29N3O4S. The minimum absolute atomic E-state index is 0.0582. The van der Waals surface area contributed by atoms with Gasteiger partial charge in [0.05, 0.1) is 17.0 Å². The summed E-state index contributed by atoms with van der Waals surface area (Å²) in [6.07, 6.45) is 6.96. The van der Waals surface area contributed by atoms with Crippen molar-refractivity contribution in [2.45, 2.75) is 50.8 Å². The van der Waals surface area contributed by atoms with E-state index in [9.17, 15) is 13.2 Å². The van der Waals surface area contributed by atoms with Crippen molar-refractivity contribution >= 4 is 26.8 Å². The van der Waals surface area contributed by atoms with E-state index < -0.39 is 9.84 Å². The molecule has 3 heterocycles. The molecule has 3 aliphatic rings. The zero-order valence-electron chi connectivity index (χ0n) is 17.1. The minimum Gasteiger partial charge on any atom is -0.490 e. The number of ether oxygens (including phenoxy) is 1. The van der Waals surface area contributed by atoms with Gasteiger partial charge in [0.2, 0.25) is 0 Å². The van der Waals surface area contributed by atoms with Gasteiger partial charge in [0, 0.05) is 50.1 Å². The molecule has 2 aliphatic heterocycles. The fraction of sp³-hybridized carbons (Fsp3) is 0.591. The van der Waals surface area contributed by atoms with Crippen LogP contribution in [0.3, 0.4) is 0 Å². The normalized spacial score (nSPS) is 24.3. The number of rotatable bonds is 5. The lowest BCUT2D eigenvalue weighted by Gasteiger charge is -2.33. The number of nitrogens with zero attached hydrogens (tertiary/aromatic N) is 2. The first kappa shape index (κ1) is 19.7. The van der Waals surface area contributed by atoms with Crippen molar-refractivity contribution in [3.63, 3.8) is 0 Å². The highest BCUT2D eigenvalue weighted by atomic mass is 32.2. The number of hydrogen-bond acceptors (Lipinski definition) is 4. The molecule has 1 aromatic carbocycles. The van der Waals surface area contributed by atoms with E-state index in [4.69, 9.17) is 4.74 Å². The summed E-state index contributed by atoms with van der Waals surface area (Å²) >= 11 is 0. The molecule has 1 aliphatic carbocycles. The standard InChI is InChI=1S/C22H29N3O4S/c26-22(23-17-9-13-30(27,28)15-17)24-10-6-18(7-11-24)29-21-3-1-2-20-19(21)8-12-25(20)14-16-4-5-16/h1-3,8,12,16-18H,4-7,9-11,13-15H2,(H,23,26). The number of nitrogens with one attached hydrogen (secondary N) is 1. The number of carbonyl (C=O) groups excluding carboxylic acids is 1. The van der Waals surface area contributed by atoms with Crippen LogP contribution in [0.15, 0.2) is 30.5 Å². The molecule has 2 amide bonds. The largest absolute Gasteiger partial charge is 0.490 e. The first-order valence-electron chi connectivity index (χ1n) is 11.0. The fourth-order valence-electron chi connectivity index (χ4n) is 4.57. The fourth-order valence-corrected chi connectivity index (χ4v) is 6.24. The van der Waals surface area contributed by atoms with Crippen molar-refractivity contribution < 1.29 is 17.9 Å². The second-order valence-electron chi connectivity index (χ2n) is 8.95. The van der Waals surface area contributed by atoms with Crippen LogP contribution >= 0.6 is 0 Å². The molecule has 5 rings (SSSR count). The van der Waals surface area contributed by atoms with Crippen molar-refractivity contribution in [1.29, 1.82) is 0 Å². The Hall–Kier alpha value is -2.22. The molecule has 0 bridgehead atoms. The highest BCUT2D eigenvalue weighted by Crippen LogP contribution is 2.34. The Morgan fingerprint density at radius 2 is 1.90 bits per heavy atom. The van der Waals surface area contributed by atoms with Crippen LogP contribution in [0.2, 0.25) is 0 Å². The van der Waals surface area contributed by atoms with Crippen LogP contribution in [0, 0.1) is 5.92 Å². The number of hydrogen-bond donors (Lipinski definition) is 1. The van der Waals surface area contributed by atoms with E-state index in [1.54, 1.807) is 4.90 Å². The Bertz CT molecular complexity index is 1040. The summed E-state index contributed by atoms with van der Waals surface area (Å²) in [6, 6.07) is 7.97. The molecule has 2 saturated heterocycles. The first-order valence-corrected chi connectivity index (χ1v) is 12.8. The summed E-state index contributed by atoms with van der Waals surface area (Å²) in [7, 11) is -2.99. The number of amides is 2. The topological polar surface area (TPSA) is 80.6 Å². The molecule has 3 fully saturated rings. The Balaban J connectivity index is 1.16. The van der Waals surface area contributed by atoms with E-state index in [1.165, 1.54) is 18.4 Å². The average Bonchev–Trinajstić information content (AvgIpc) is 3.35. The van der Waals surface area contributed by atoms with Gasteiger partial charge in [-0.15, -0.1) is 0 Å². The van der Waals surface area contributed by atoms with Crippen LogP contribution in [0.25, 0.3) is 10.9 Å². The highest BCUT2D eigenvalue weighted by molar-refractivity contribution is 7.91. The lowest BCUT2D eigenvalue weighted by Crippen LogP contribution is -2.49. The van der Waals surface area contributed by atoms with Gasteiger partial charge in [-0.1, -0.05) is 6.07 Å². The maximum absolute atomic E-state index is 12.5. The Kier molecular flexibility index (Phi) is 5.13. The maximum Gasteiger partial charge on any atom is 0.317 e. The molecular weight excluding hydrogens is 402 g/mol. The molecule has 7 nitrogen and oxygen atoms in total. The predicted molar refractivity (Wildman–Crippen MR) is 115 cm³/mol. The number of carbonyl (C=O) groups is 1. The van der Waals surface area contributed by atoms with Gasteiger partial charge in [-0.2, -0.15) is 0 Å². The van der Waals surface area contributed by atoms with Gasteiger partial charge in [-0.05, 0) is 43.4 Å². The lowest BCUT2D eigenvalue weighted by atomic mass is 10.1. The third kappa shape index (κ3) is 4.29. The molecule has 162 valence electrons. The number of benzene rings is 1. The number of urea groups is 1. The predicted octanol–water partition coefficient (Wildman–Crippen LogP) is 2.79. The number of fused-ring (bicyclic) bond motifs is 1. The molecule has 1 aromatic heterocycles. The van der Waals surface area contributed by atoms with Gasteiger partial charge < -0.3 is 19.5 Å². The molecule has 0 radical (unpaired) electrons. The molecule has 2 aromatic rings. The van der Waals surface area contributed by atoms with Crippen molar-refractivity contribution in [3.8, 4) is 5.75 Å². The molecule has 1 unspecified atom stereocenters. The van der Waals surface area contributed by atoms with Gasteiger partial charge in [-0.3, -0.25) is 0 Å². The highest BCUT2D eigenvalue weighted by Gasteiger charge is 2.31. The summed E-state index contributed by atoms with van der Waals surface area (Å²) in [4.78, 5) is 14.3. The quantitative estimate of drug-likeness (QED) is 0.789. The van der Waals surface area contributed by atoms with Crippen molar-refractivity contribution in [2.75, 3.05) is 24.6 Å². The van der Waals surface area contributed by atoms with Gasteiger partial charge in [0.15, 0.2) is 9.84 Å². The number of likely N-dealkylation sites (tertiary alicyclic amines) is 1. The second-order valence-corrected chi connectivity index (χ2v) is 11.2. The first-order chi connectivity index (χ1) is 14.5. The minimum atomic E-state index is -2.99. The second kappa shape index (κ2) is 7.80. The zero-order chi connectivity index (χ0) is 20.7. The summed E-state index contributed by atoms with van der Waals surface area (Å²) in [5.74, 6) is 1.97. The number of piperidine rings is 1. The third-order valence-corrected chi connectivity index (χ3v) is 8.28. The molecule has 8 heteroatoms. The maximum atomic E-state index is 12.5. The average molecular weight is 432 g/mol. The number of sulfone groups is 1. The van der Waals surface area contributed by atoms with Gasteiger partial charge >= 0.3 is 6.03 Å². The molecule has 30 heavy (non-hydrogen) atoms. The van der Waals surface area contributed by atoms with E-state index >= 15 is 0 Å². The van der Waals surface area contributed by atoms with E-state index in [-0.39, 0.29) is 29.7 Å². The van der Waals surface area contributed by atoms with E-state index in [1.807, 2.05) is 6.07 Å². The van der Waals surface area contributed by atoms with Crippen LogP contribution in [0.4, 0.5) is 4.79 Å². The van der Waals surface area contributed by atoms with E-state index in [0.29, 0.717) is 19.5 Å². The molecule has 1 saturated carbocycles. The summed E-state index contributed by atoms with van der Waals surface area (Å²) < 4.78 is 31.8. The molecule has 0 spiro atoms. The van der Waals surface area contributed by atoms with Gasteiger partial charge in [-0.25, -0.2) is 13.2 Å². The van der Waals surface area contributed by atoms with Gasteiger partial charge in [0.25, 0.3) is 0 Å². The smallest absolute Gasteiger partial charge is 0.317 e. The van der Waals surface area contributed by atoms with E-state index in [0.717, 1.165) is 36.4 Å². The summed E-state index contributed by atoms with van der Waals surface area (Å²) in [5, 5.41) is 4.03. The van der Waals surface area contributed by atoms with Crippen LogP contribution in [0.5, 0.6) is 5.75 Å². The Morgan fingerprint density at radius 1 is 1.10 bits per heavy atom.